The Bertz CT molecular complexity index is 1130. The van der Waals surface area contributed by atoms with E-state index >= 15 is 0 Å². The lowest BCUT2D eigenvalue weighted by Gasteiger charge is -2.27. The molecule has 2 aliphatic heterocycles. The lowest BCUT2D eigenvalue weighted by Crippen LogP contribution is -2.43. The smallest absolute Gasteiger partial charge is 0.246 e. The molecule has 3 aliphatic rings. The van der Waals surface area contributed by atoms with Gasteiger partial charge in [-0.3, -0.25) is 9.69 Å². The number of hydrogen-bond donors (Lipinski definition) is 2. The molecule has 1 amide bonds. The van der Waals surface area contributed by atoms with Gasteiger partial charge in [0.15, 0.2) is 0 Å². The second-order valence-corrected chi connectivity index (χ2v) is 9.95. The van der Waals surface area contributed by atoms with Gasteiger partial charge in [-0.1, -0.05) is 6.08 Å². The molecule has 0 spiro atoms. The standard InChI is InChI=1S/C23H26ClFN6OS/c24-17-12-15(3-4-18(17)25)29-22-21-16-5-9-31(13-19(16)33-23(21)28-14-27-22)20(32)2-1-8-30-10-6-26-7-11-30/h1-4,12,14,17-18,26H,5-11,13H2,(H,27,28,29)/b2-1+. The van der Waals surface area contributed by atoms with Gasteiger partial charge in [0.1, 0.15) is 23.1 Å². The number of thiophene rings is 1. The van der Waals surface area contributed by atoms with Gasteiger partial charge in [0, 0.05) is 55.9 Å². The van der Waals surface area contributed by atoms with Gasteiger partial charge in [-0.15, -0.1) is 22.9 Å². The van der Waals surface area contributed by atoms with Crippen LogP contribution < -0.4 is 10.6 Å². The molecule has 174 valence electrons. The fraction of sp³-hybridized carbons (Fsp3) is 0.435. The normalized spacial score (nSPS) is 23.7. The van der Waals surface area contributed by atoms with Crippen LogP contribution in [0, 0.1) is 0 Å². The zero-order chi connectivity index (χ0) is 22.8. The summed E-state index contributed by atoms with van der Waals surface area (Å²) < 4.78 is 13.6. The molecule has 1 fully saturated rings. The number of carbonyl (C=O) groups is 1. The third kappa shape index (κ3) is 4.96. The van der Waals surface area contributed by atoms with Crippen molar-refractivity contribution < 1.29 is 9.18 Å². The molecule has 5 rings (SSSR count). The van der Waals surface area contributed by atoms with Crippen molar-refractivity contribution in [1.82, 2.24) is 25.1 Å². The number of allylic oxidation sites excluding steroid dienone is 3. The van der Waals surface area contributed by atoms with E-state index in [1.165, 1.54) is 18.0 Å². The first-order valence-electron chi connectivity index (χ1n) is 11.2. The van der Waals surface area contributed by atoms with Crippen LogP contribution in [0.4, 0.5) is 10.2 Å². The summed E-state index contributed by atoms with van der Waals surface area (Å²) in [4.78, 5) is 27.9. The second-order valence-electron chi connectivity index (χ2n) is 8.36. The Kier molecular flexibility index (Phi) is 6.73. The molecular weight excluding hydrogens is 463 g/mol. The minimum absolute atomic E-state index is 0.0455. The SMILES string of the molecule is O=C(/C=C/CN1CCNCC1)N1CCc2c(sc3ncnc(NC4=CC(Cl)C(F)C=C4)c23)C1. The summed E-state index contributed by atoms with van der Waals surface area (Å²) in [5.41, 5.74) is 1.89. The Morgan fingerprint density at radius 2 is 2.18 bits per heavy atom. The predicted octanol–water partition coefficient (Wildman–Crippen LogP) is 2.85. The number of carbonyl (C=O) groups excluding carboxylic acids is 1. The van der Waals surface area contributed by atoms with Crippen molar-refractivity contribution >= 4 is 44.9 Å². The molecule has 7 nitrogen and oxygen atoms in total. The number of hydrogen-bond acceptors (Lipinski definition) is 7. The molecule has 4 heterocycles. The third-order valence-corrected chi connectivity index (χ3v) is 7.64. The molecule has 0 bridgehead atoms. The van der Waals surface area contributed by atoms with E-state index in [0.717, 1.165) is 54.2 Å². The van der Waals surface area contributed by atoms with Gasteiger partial charge in [-0.25, -0.2) is 14.4 Å². The van der Waals surface area contributed by atoms with Crippen LogP contribution in [0.25, 0.3) is 10.2 Å². The van der Waals surface area contributed by atoms with Crippen LogP contribution in [0.5, 0.6) is 0 Å². The van der Waals surface area contributed by atoms with Crippen LogP contribution >= 0.6 is 22.9 Å². The third-order valence-electron chi connectivity index (χ3n) is 6.15. The number of amides is 1. The first kappa shape index (κ1) is 22.5. The molecule has 2 atom stereocenters. The number of aromatic nitrogens is 2. The Hall–Kier alpha value is -2.33. The molecule has 0 aromatic carbocycles. The Balaban J connectivity index is 1.29. The van der Waals surface area contributed by atoms with Gasteiger partial charge >= 0.3 is 0 Å². The lowest BCUT2D eigenvalue weighted by atomic mass is 10.0. The van der Waals surface area contributed by atoms with Gasteiger partial charge in [0.05, 0.1) is 17.3 Å². The van der Waals surface area contributed by atoms with Gasteiger partial charge < -0.3 is 15.5 Å². The van der Waals surface area contributed by atoms with E-state index in [0.29, 0.717) is 24.6 Å². The van der Waals surface area contributed by atoms with E-state index in [1.807, 2.05) is 11.0 Å². The van der Waals surface area contributed by atoms with E-state index in [9.17, 15) is 9.18 Å². The Labute approximate surface area is 201 Å². The number of piperazine rings is 1. The minimum atomic E-state index is -1.19. The predicted molar refractivity (Wildman–Crippen MR) is 130 cm³/mol. The highest BCUT2D eigenvalue weighted by atomic mass is 35.5. The van der Waals surface area contributed by atoms with Gasteiger partial charge in [0.25, 0.3) is 0 Å². The van der Waals surface area contributed by atoms with Crippen molar-refractivity contribution in [3.05, 3.63) is 52.8 Å². The molecule has 1 aliphatic carbocycles. The summed E-state index contributed by atoms with van der Waals surface area (Å²) >= 11 is 7.64. The van der Waals surface area contributed by atoms with E-state index in [-0.39, 0.29) is 5.91 Å². The van der Waals surface area contributed by atoms with Gasteiger partial charge in [-0.2, -0.15) is 0 Å². The van der Waals surface area contributed by atoms with Crippen LogP contribution in [0.1, 0.15) is 10.4 Å². The van der Waals surface area contributed by atoms with Gasteiger partial charge in [0.2, 0.25) is 5.91 Å². The number of nitrogens with one attached hydrogen (secondary N) is 2. The number of fused-ring (bicyclic) bond motifs is 3. The molecular formula is C23H26ClFN6OS. The molecule has 10 heteroatoms. The Morgan fingerprint density at radius 3 is 3.00 bits per heavy atom. The van der Waals surface area contributed by atoms with Crippen LogP contribution in [0.2, 0.25) is 0 Å². The van der Waals surface area contributed by atoms with Crippen molar-refractivity contribution in [2.45, 2.75) is 24.5 Å². The topological polar surface area (TPSA) is 73.4 Å². The first-order chi connectivity index (χ1) is 16.1. The fourth-order valence-corrected chi connectivity index (χ4v) is 5.78. The number of anilines is 1. The summed E-state index contributed by atoms with van der Waals surface area (Å²) in [5, 5.41) is 6.89. The summed E-state index contributed by atoms with van der Waals surface area (Å²) in [5.74, 6) is 0.731. The highest BCUT2D eigenvalue weighted by molar-refractivity contribution is 7.19. The zero-order valence-corrected chi connectivity index (χ0v) is 19.7. The van der Waals surface area contributed by atoms with Crippen LogP contribution in [-0.2, 0) is 17.8 Å². The van der Waals surface area contributed by atoms with E-state index in [2.05, 4.69) is 25.5 Å². The number of alkyl halides is 2. The summed E-state index contributed by atoms with van der Waals surface area (Å²) in [6.07, 6.45) is 9.54. The number of rotatable bonds is 5. The molecule has 2 N–H and O–H groups in total. The first-order valence-corrected chi connectivity index (χ1v) is 12.4. The van der Waals surface area contributed by atoms with E-state index < -0.39 is 11.5 Å². The van der Waals surface area contributed by atoms with Crippen molar-refractivity contribution in [1.29, 1.82) is 0 Å². The largest absolute Gasteiger partial charge is 0.340 e. The lowest BCUT2D eigenvalue weighted by molar-refractivity contribution is -0.126. The summed E-state index contributed by atoms with van der Waals surface area (Å²) in [6.45, 7) is 6.05. The van der Waals surface area contributed by atoms with Gasteiger partial charge in [-0.05, 0) is 30.2 Å². The molecule has 0 radical (unpaired) electrons. The number of nitrogens with zero attached hydrogens (tertiary/aromatic N) is 4. The molecule has 2 unspecified atom stereocenters. The summed E-state index contributed by atoms with van der Waals surface area (Å²) in [6, 6.07) is 0. The van der Waals surface area contributed by atoms with Crippen LogP contribution in [-0.4, -0.2) is 76.5 Å². The zero-order valence-electron chi connectivity index (χ0n) is 18.1. The highest BCUT2D eigenvalue weighted by Gasteiger charge is 2.26. The molecule has 2 aromatic heterocycles. The molecule has 2 aromatic rings. The molecule has 0 saturated carbocycles. The average molecular weight is 489 g/mol. The fourth-order valence-electron chi connectivity index (χ4n) is 4.35. The van der Waals surface area contributed by atoms with Crippen molar-refractivity contribution in [3.63, 3.8) is 0 Å². The maximum atomic E-state index is 13.6. The molecule has 33 heavy (non-hydrogen) atoms. The quantitative estimate of drug-likeness (QED) is 0.498. The van der Waals surface area contributed by atoms with Crippen molar-refractivity contribution in [2.24, 2.45) is 0 Å². The number of halogens is 2. The summed E-state index contributed by atoms with van der Waals surface area (Å²) in [7, 11) is 0. The van der Waals surface area contributed by atoms with E-state index in [4.69, 9.17) is 11.6 Å². The van der Waals surface area contributed by atoms with Crippen molar-refractivity contribution in [3.8, 4) is 0 Å². The Morgan fingerprint density at radius 1 is 1.33 bits per heavy atom. The van der Waals surface area contributed by atoms with Crippen LogP contribution in [0.3, 0.4) is 0 Å². The van der Waals surface area contributed by atoms with Crippen molar-refractivity contribution in [2.75, 3.05) is 44.6 Å². The maximum Gasteiger partial charge on any atom is 0.246 e. The van der Waals surface area contributed by atoms with Crippen LogP contribution in [0.15, 0.2) is 42.4 Å². The maximum absolute atomic E-state index is 13.6. The monoisotopic (exact) mass is 488 g/mol. The molecule has 1 saturated heterocycles. The highest BCUT2D eigenvalue weighted by Crippen LogP contribution is 2.38. The van der Waals surface area contributed by atoms with E-state index in [1.54, 1.807) is 29.6 Å². The minimum Gasteiger partial charge on any atom is -0.340 e. The second kappa shape index (κ2) is 9.89. The average Bonchev–Trinajstić information content (AvgIpc) is 3.21.